The Morgan fingerprint density at radius 2 is 1.88 bits per heavy atom. The van der Waals surface area contributed by atoms with Crippen molar-refractivity contribution in [1.82, 2.24) is 0 Å². The molecule has 1 heterocycles. The number of ketones is 1. The smallest absolute Gasteiger partial charge is 0.248 e. The molecule has 1 amide bonds. The van der Waals surface area contributed by atoms with Crippen LogP contribution in [0.2, 0.25) is 0 Å². The lowest BCUT2D eigenvalue weighted by Crippen LogP contribution is -2.35. The number of anilines is 1. The number of hydrogen-bond donors (Lipinski definition) is 0. The fourth-order valence-electron chi connectivity index (χ4n) is 3.09. The molecule has 3 rings (SSSR count). The molecule has 1 unspecified atom stereocenters. The van der Waals surface area contributed by atoms with Crippen molar-refractivity contribution in [3.63, 3.8) is 0 Å². The van der Waals surface area contributed by atoms with Gasteiger partial charge < -0.3 is 9.64 Å². The van der Waals surface area contributed by atoms with E-state index in [1.165, 1.54) is 0 Å². The zero-order chi connectivity index (χ0) is 17.9. The minimum Gasteiger partial charge on any atom is -0.497 e. The Labute approximate surface area is 146 Å². The first kappa shape index (κ1) is 16.7. The largest absolute Gasteiger partial charge is 0.497 e. The van der Waals surface area contributed by atoms with Crippen molar-refractivity contribution >= 4 is 17.4 Å². The summed E-state index contributed by atoms with van der Waals surface area (Å²) in [6, 6.07) is 18.0. The number of nitrogens with zero attached hydrogens (tertiary/aromatic N) is 2. The number of methoxy groups -OCH3 is 1. The molecule has 1 aliphatic heterocycles. The average Bonchev–Trinajstić information content (AvgIpc) is 2.99. The normalized spacial score (nSPS) is 19.5. The van der Waals surface area contributed by atoms with E-state index in [2.05, 4.69) is 6.07 Å². The topological polar surface area (TPSA) is 70.4 Å². The van der Waals surface area contributed by atoms with Crippen molar-refractivity contribution in [3.8, 4) is 11.8 Å². The monoisotopic (exact) mass is 334 g/mol. The molecule has 0 saturated carbocycles. The van der Waals surface area contributed by atoms with Gasteiger partial charge in [0.05, 0.1) is 13.2 Å². The van der Waals surface area contributed by atoms with Crippen LogP contribution in [0.4, 0.5) is 5.69 Å². The third kappa shape index (κ3) is 3.11. The minimum atomic E-state index is -1.30. The Balaban J connectivity index is 1.82. The van der Waals surface area contributed by atoms with Crippen molar-refractivity contribution in [2.24, 2.45) is 5.41 Å². The van der Waals surface area contributed by atoms with Crippen molar-refractivity contribution in [2.75, 3.05) is 18.6 Å². The van der Waals surface area contributed by atoms with Gasteiger partial charge in [0.15, 0.2) is 5.78 Å². The lowest BCUT2D eigenvalue weighted by molar-refractivity contribution is -0.123. The highest BCUT2D eigenvalue weighted by atomic mass is 16.5. The van der Waals surface area contributed by atoms with Gasteiger partial charge in [0.2, 0.25) is 5.91 Å². The maximum atomic E-state index is 12.9. The molecule has 2 aromatic rings. The van der Waals surface area contributed by atoms with Crippen molar-refractivity contribution in [3.05, 3.63) is 60.2 Å². The first-order valence-electron chi connectivity index (χ1n) is 8.05. The van der Waals surface area contributed by atoms with Crippen molar-refractivity contribution < 1.29 is 14.3 Å². The lowest BCUT2D eigenvalue weighted by Gasteiger charge is -2.21. The van der Waals surface area contributed by atoms with Crippen LogP contribution in [0.15, 0.2) is 54.6 Å². The van der Waals surface area contributed by atoms with E-state index in [-0.39, 0.29) is 18.1 Å². The average molecular weight is 334 g/mol. The molecule has 1 aliphatic rings. The van der Waals surface area contributed by atoms with Crippen LogP contribution in [0.1, 0.15) is 23.2 Å². The fraction of sp³-hybridized carbons (Fsp3) is 0.250. The molecule has 126 valence electrons. The maximum Gasteiger partial charge on any atom is 0.248 e. The summed E-state index contributed by atoms with van der Waals surface area (Å²) in [7, 11) is 1.58. The summed E-state index contributed by atoms with van der Waals surface area (Å²) >= 11 is 0. The number of carbonyl (C=O) groups excluding carboxylic acids is 2. The number of Topliss-reactive ketones (excluding diaryl/α,β-unsaturated/α-hetero) is 1. The second-order valence-corrected chi connectivity index (χ2v) is 6.06. The van der Waals surface area contributed by atoms with E-state index in [9.17, 15) is 14.9 Å². The molecule has 0 spiro atoms. The highest BCUT2D eigenvalue weighted by molar-refractivity contribution is 6.06. The Kier molecular flexibility index (Phi) is 4.53. The third-order valence-corrected chi connectivity index (χ3v) is 4.57. The van der Waals surface area contributed by atoms with E-state index in [1.807, 2.05) is 6.07 Å². The second kappa shape index (κ2) is 6.78. The summed E-state index contributed by atoms with van der Waals surface area (Å²) in [5.41, 5.74) is -0.0738. The summed E-state index contributed by atoms with van der Waals surface area (Å²) < 4.78 is 5.12. The first-order chi connectivity index (χ1) is 12.1. The molecule has 2 aromatic carbocycles. The van der Waals surface area contributed by atoms with Gasteiger partial charge in [-0.1, -0.05) is 30.3 Å². The minimum absolute atomic E-state index is 0.0982. The predicted octanol–water partition coefficient (Wildman–Crippen LogP) is 3.21. The standard InChI is InChI=1S/C20H18N2O3/c1-25-17-9-7-16(8-10-17)22-12-11-20(14-21,19(22)24)13-18(23)15-5-3-2-4-6-15/h2-10H,11-13H2,1H3. The molecule has 0 aliphatic carbocycles. The van der Waals surface area contributed by atoms with Crippen LogP contribution in [0, 0.1) is 16.7 Å². The molecule has 25 heavy (non-hydrogen) atoms. The van der Waals surface area contributed by atoms with Crippen molar-refractivity contribution in [2.45, 2.75) is 12.8 Å². The number of amides is 1. The zero-order valence-corrected chi connectivity index (χ0v) is 13.9. The second-order valence-electron chi connectivity index (χ2n) is 6.06. The Bertz CT molecular complexity index is 824. The number of benzene rings is 2. The molecule has 5 nitrogen and oxygen atoms in total. The van der Waals surface area contributed by atoms with Gasteiger partial charge in [-0.25, -0.2) is 0 Å². The number of ether oxygens (including phenoxy) is 1. The number of carbonyl (C=O) groups is 2. The first-order valence-corrected chi connectivity index (χ1v) is 8.05. The van der Waals surface area contributed by atoms with Gasteiger partial charge in [-0.2, -0.15) is 5.26 Å². The molecular weight excluding hydrogens is 316 g/mol. The third-order valence-electron chi connectivity index (χ3n) is 4.57. The number of rotatable bonds is 5. The lowest BCUT2D eigenvalue weighted by atomic mass is 9.81. The number of nitriles is 1. The van der Waals surface area contributed by atoms with E-state index in [0.717, 1.165) is 0 Å². The molecule has 1 atom stereocenters. The molecule has 5 heteroatoms. The van der Waals surface area contributed by atoms with Gasteiger partial charge in [0.25, 0.3) is 0 Å². The van der Waals surface area contributed by atoms with Gasteiger partial charge in [-0.3, -0.25) is 9.59 Å². The summed E-state index contributed by atoms with van der Waals surface area (Å²) in [5.74, 6) is 0.192. The SMILES string of the molecule is COc1ccc(N2CCC(C#N)(CC(=O)c3ccccc3)C2=O)cc1. The summed E-state index contributed by atoms with van der Waals surface area (Å²) in [5, 5.41) is 9.66. The quantitative estimate of drug-likeness (QED) is 0.787. The molecule has 0 radical (unpaired) electrons. The summed E-state index contributed by atoms with van der Waals surface area (Å²) in [6.07, 6.45) is 0.242. The van der Waals surface area contributed by atoms with E-state index in [4.69, 9.17) is 4.74 Å². The van der Waals surface area contributed by atoms with E-state index in [0.29, 0.717) is 30.0 Å². The van der Waals surface area contributed by atoms with Gasteiger partial charge >= 0.3 is 0 Å². The fourth-order valence-corrected chi connectivity index (χ4v) is 3.09. The predicted molar refractivity (Wildman–Crippen MR) is 93.4 cm³/mol. The maximum absolute atomic E-state index is 12.9. The van der Waals surface area contributed by atoms with Crippen LogP contribution >= 0.6 is 0 Å². The highest BCUT2D eigenvalue weighted by Gasteiger charge is 2.49. The Morgan fingerprint density at radius 3 is 2.48 bits per heavy atom. The van der Waals surface area contributed by atoms with Crippen LogP contribution < -0.4 is 9.64 Å². The van der Waals surface area contributed by atoms with Gasteiger partial charge in [-0.05, 0) is 30.7 Å². The van der Waals surface area contributed by atoms with E-state index < -0.39 is 5.41 Å². The van der Waals surface area contributed by atoms with E-state index >= 15 is 0 Å². The molecule has 1 fully saturated rings. The molecule has 0 bridgehead atoms. The summed E-state index contributed by atoms with van der Waals surface area (Å²) in [6.45, 7) is 0.417. The van der Waals surface area contributed by atoms with Crippen LogP contribution in [0.25, 0.3) is 0 Å². The van der Waals surface area contributed by atoms with Crippen molar-refractivity contribution in [1.29, 1.82) is 5.26 Å². The number of hydrogen-bond acceptors (Lipinski definition) is 4. The van der Waals surface area contributed by atoms with Crippen LogP contribution in [0.5, 0.6) is 5.75 Å². The molecular formula is C20H18N2O3. The molecule has 0 aromatic heterocycles. The molecule has 1 saturated heterocycles. The van der Waals surface area contributed by atoms with Gasteiger partial charge in [0.1, 0.15) is 11.2 Å². The zero-order valence-electron chi connectivity index (χ0n) is 13.9. The van der Waals surface area contributed by atoms with Crippen LogP contribution in [-0.4, -0.2) is 25.3 Å². The molecule has 0 N–H and O–H groups in total. The van der Waals surface area contributed by atoms with Gasteiger partial charge in [-0.15, -0.1) is 0 Å². The van der Waals surface area contributed by atoms with Crippen LogP contribution in [-0.2, 0) is 4.79 Å². The summed E-state index contributed by atoms with van der Waals surface area (Å²) in [4.78, 5) is 27.0. The van der Waals surface area contributed by atoms with E-state index in [1.54, 1.807) is 60.5 Å². The highest BCUT2D eigenvalue weighted by Crippen LogP contribution is 2.38. The van der Waals surface area contributed by atoms with Crippen LogP contribution in [0.3, 0.4) is 0 Å². The Morgan fingerprint density at radius 1 is 1.20 bits per heavy atom. The Hall–Kier alpha value is -3.13. The van der Waals surface area contributed by atoms with Gasteiger partial charge in [0, 0.05) is 24.2 Å².